The number of hydrogen-bond acceptors (Lipinski definition) is 2. The first-order chi connectivity index (χ1) is 7.49. The number of pyridine rings is 1. The van der Waals surface area contributed by atoms with Crippen LogP contribution in [0.3, 0.4) is 0 Å². The molecule has 0 aliphatic carbocycles. The molecular formula is C11H12Br2N2O. The maximum Gasteiger partial charge on any atom is 0.229 e. The number of aromatic nitrogens is 1. The van der Waals surface area contributed by atoms with Crippen LogP contribution in [0.4, 0.5) is 5.82 Å². The maximum absolute atomic E-state index is 11.7. The summed E-state index contributed by atoms with van der Waals surface area (Å²) < 4.78 is 1.01. The van der Waals surface area contributed by atoms with Gasteiger partial charge in [-0.15, -0.1) is 0 Å². The molecule has 1 aliphatic heterocycles. The van der Waals surface area contributed by atoms with E-state index < -0.39 is 0 Å². The number of nitrogens with zero attached hydrogens (tertiary/aromatic N) is 2. The molecule has 1 aromatic rings. The van der Waals surface area contributed by atoms with Crippen LogP contribution in [0, 0.1) is 13.8 Å². The number of carbonyl (C=O) groups excluding carboxylic acids is 1. The van der Waals surface area contributed by atoms with E-state index in [0.29, 0.717) is 13.0 Å². The van der Waals surface area contributed by atoms with Crippen molar-refractivity contribution in [2.45, 2.75) is 25.1 Å². The van der Waals surface area contributed by atoms with Crippen LogP contribution in [0.15, 0.2) is 10.5 Å². The summed E-state index contributed by atoms with van der Waals surface area (Å²) in [5, 5.41) is 0. The third-order valence-corrected chi connectivity index (χ3v) is 4.46. The van der Waals surface area contributed by atoms with Crippen molar-refractivity contribution >= 4 is 43.6 Å². The number of rotatable bonds is 1. The highest BCUT2D eigenvalue weighted by Gasteiger charge is 2.29. The van der Waals surface area contributed by atoms with Crippen LogP contribution in [-0.4, -0.2) is 22.3 Å². The molecule has 3 nitrogen and oxygen atoms in total. The molecule has 0 bridgehead atoms. The van der Waals surface area contributed by atoms with Gasteiger partial charge in [-0.2, -0.15) is 0 Å². The number of alkyl halides is 1. The Morgan fingerprint density at radius 2 is 2.19 bits per heavy atom. The van der Waals surface area contributed by atoms with Gasteiger partial charge in [-0.1, -0.05) is 15.9 Å². The van der Waals surface area contributed by atoms with E-state index in [-0.39, 0.29) is 10.7 Å². The second-order valence-corrected chi connectivity index (χ2v) is 6.09. The van der Waals surface area contributed by atoms with Crippen molar-refractivity contribution in [1.82, 2.24) is 4.98 Å². The van der Waals surface area contributed by atoms with Crippen molar-refractivity contribution in [3.05, 3.63) is 21.8 Å². The molecule has 1 fully saturated rings. The van der Waals surface area contributed by atoms with Gasteiger partial charge in [-0.25, -0.2) is 4.98 Å². The first-order valence-electron chi connectivity index (χ1n) is 5.07. The summed E-state index contributed by atoms with van der Waals surface area (Å²) in [6.45, 7) is 4.65. The van der Waals surface area contributed by atoms with Crippen molar-refractivity contribution in [3.8, 4) is 0 Å². The molecular weight excluding hydrogens is 336 g/mol. The van der Waals surface area contributed by atoms with Gasteiger partial charge in [0.05, 0.1) is 5.69 Å². The maximum atomic E-state index is 11.7. The number of halogens is 2. The average molecular weight is 348 g/mol. The van der Waals surface area contributed by atoms with Crippen LogP contribution in [0.5, 0.6) is 0 Å². The van der Waals surface area contributed by atoms with E-state index in [1.165, 1.54) is 0 Å². The summed E-state index contributed by atoms with van der Waals surface area (Å²) in [6, 6.07) is 1.94. The second kappa shape index (κ2) is 4.45. The molecule has 1 saturated heterocycles. The van der Waals surface area contributed by atoms with Gasteiger partial charge in [0.1, 0.15) is 5.82 Å². The van der Waals surface area contributed by atoms with Crippen molar-refractivity contribution in [3.63, 3.8) is 0 Å². The van der Waals surface area contributed by atoms with Crippen LogP contribution in [-0.2, 0) is 4.79 Å². The molecule has 0 N–H and O–H groups in total. The Bertz CT molecular complexity index is 425. The first-order valence-corrected chi connectivity index (χ1v) is 6.78. The lowest BCUT2D eigenvalue weighted by molar-refractivity contribution is -0.117. The first kappa shape index (κ1) is 12.0. The Morgan fingerprint density at radius 1 is 1.50 bits per heavy atom. The number of amides is 1. The van der Waals surface area contributed by atoms with Crippen LogP contribution < -0.4 is 4.90 Å². The Balaban J connectivity index is 2.38. The van der Waals surface area contributed by atoms with Gasteiger partial charge in [0.15, 0.2) is 0 Å². The molecule has 1 unspecified atom stereocenters. The van der Waals surface area contributed by atoms with Gasteiger partial charge < -0.3 is 0 Å². The minimum absolute atomic E-state index is 0.135. The van der Waals surface area contributed by atoms with Crippen molar-refractivity contribution < 1.29 is 4.79 Å². The standard InChI is InChI=1S/C11H12Br2N2O/c1-6-3-9(14-7(2)11(6)13)15-5-8(12)4-10(15)16/h3,8H,4-5H2,1-2H3. The molecule has 86 valence electrons. The van der Waals surface area contributed by atoms with Gasteiger partial charge in [-0.3, -0.25) is 9.69 Å². The van der Waals surface area contributed by atoms with E-state index in [1.807, 2.05) is 19.9 Å². The predicted octanol–water partition coefficient (Wildman–Crippen LogP) is 2.96. The average Bonchev–Trinajstić information content (AvgIpc) is 2.53. The Hall–Kier alpha value is -0.420. The molecule has 0 saturated carbocycles. The van der Waals surface area contributed by atoms with Gasteiger partial charge >= 0.3 is 0 Å². The van der Waals surface area contributed by atoms with E-state index in [1.54, 1.807) is 4.90 Å². The molecule has 1 aliphatic rings. The molecule has 5 heteroatoms. The fourth-order valence-electron chi connectivity index (χ4n) is 1.82. The number of anilines is 1. The highest BCUT2D eigenvalue weighted by molar-refractivity contribution is 9.10. The molecule has 0 spiro atoms. The smallest absolute Gasteiger partial charge is 0.229 e. The zero-order valence-electron chi connectivity index (χ0n) is 9.13. The summed E-state index contributed by atoms with van der Waals surface area (Å²) in [5.41, 5.74) is 2.02. The monoisotopic (exact) mass is 346 g/mol. The molecule has 1 aromatic heterocycles. The van der Waals surface area contributed by atoms with E-state index in [9.17, 15) is 4.79 Å². The highest BCUT2D eigenvalue weighted by atomic mass is 79.9. The summed E-state index contributed by atoms with van der Waals surface area (Å²) in [6.07, 6.45) is 0.551. The molecule has 2 rings (SSSR count). The van der Waals surface area contributed by atoms with E-state index in [0.717, 1.165) is 21.5 Å². The van der Waals surface area contributed by atoms with Crippen molar-refractivity contribution in [1.29, 1.82) is 0 Å². The Kier molecular flexibility index (Phi) is 3.35. The molecule has 1 amide bonds. The minimum Gasteiger partial charge on any atom is -0.296 e. The molecule has 0 aromatic carbocycles. The zero-order chi connectivity index (χ0) is 11.9. The van der Waals surface area contributed by atoms with E-state index >= 15 is 0 Å². The topological polar surface area (TPSA) is 33.2 Å². The highest BCUT2D eigenvalue weighted by Crippen LogP contribution is 2.28. The third kappa shape index (κ3) is 2.15. The quantitative estimate of drug-likeness (QED) is 0.732. The lowest BCUT2D eigenvalue weighted by Crippen LogP contribution is -2.25. The lowest BCUT2D eigenvalue weighted by Gasteiger charge is -2.16. The van der Waals surface area contributed by atoms with Gasteiger partial charge in [-0.05, 0) is 41.4 Å². The number of carbonyl (C=O) groups is 1. The summed E-state index contributed by atoms with van der Waals surface area (Å²) in [4.78, 5) is 18.2. The van der Waals surface area contributed by atoms with Crippen LogP contribution >= 0.6 is 31.9 Å². The van der Waals surface area contributed by atoms with Gasteiger partial charge in [0.25, 0.3) is 0 Å². The van der Waals surface area contributed by atoms with Gasteiger partial charge in [0, 0.05) is 22.3 Å². The largest absolute Gasteiger partial charge is 0.296 e. The lowest BCUT2D eigenvalue weighted by atomic mass is 10.2. The van der Waals surface area contributed by atoms with Crippen LogP contribution in [0.1, 0.15) is 17.7 Å². The molecule has 0 radical (unpaired) electrons. The van der Waals surface area contributed by atoms with Crippen molar-refractivity contribution in [2.75, 3.05) is 11.4 Å². The molecule has 2 heterocycles. The van der Waals surface area contributed by atoms with E-state index in [2.05, 4.69) is 36.8 Å². The summed E-state index contributed by atoms with van der Waals surface area (Å²) >= 11 is 6.94. The Labute approximate surface area is 111 Å². The normalized spacial score (nSPS) is 20.6. The van der Waals surface area contributed by atoms with E-state index in [4.69, 9.17) is 0 Å². The van der Waals surface area contributed by atoms with Crippen LogP contribution in [0.2, 0.25) is 0 Å². The van der Waals surface area contributed by atoms with Gasteiger partial charge in [0.2, 0.25) is 5.91 Å². The minimum atomic E-state index is 0.135. The summed E-state index contributed by atoms with van der Waals surface area (Å²) in [5.74, 6) is 0.889. The fourth-order valence-corrected chi connectivity index (χ4v) is 2.59. The van der Waals surface area contributed by atoms with Crippen LogP contribution in [0.25, 0.3) is 0 Å². The fraction of sp³-hybridized carbons (Fsp3) is 0.455. The number of hydrogen-bond donors (Lipinski definition) is 0. The molecule has 1 atom stereocenters. The number of aryl methyl sites for hydroxylation is 2. The predicted molar refractivity (Wildman–Crippen MR) is 71.1 cm³/mol. The Morgan fingerprint density at radius 3 is 2.69 bits per heavy atom. The SMILES string of the molecule is Cc1cc(N2CC(Br)CC2=O)nc(C)c1Br. The zero-order valence-corrected chi connectivity index (χ0v) is 12.3. The summed E-state index contributed by atoms with van der Waals surface area (Å²) in [7, 11) is 0. The molecule has 16 heavy (non-hydrogen) atoms. The second-order valence-electron chi connectivity index (χ2n) is 4.00. The third-order valence-electron chi connectivity index (χ3n) is 2.65. The van der Waals surface area contributed by atoms with Crippen molar-refractivity contribution in [2.24, 2.45) is 0 Å².